The predicted molar refractivity (Wildman–Crippen MR) is 160 cm³/mol. The second kappa shape index (κ2) is 13.1. The predicted octanol–water partition coefficient (Wildman–Crippen LogP) is 5.26. The number of phenolic OH excluding ortho intramolecular Hbond substituents is 1. The van der Waals surface area contributed by atoms with Gasteiger partial charge < -0.3 is 19.6 Å². The van der Waals surface area contributed by atoms with Crippen molar-refractivity contribution in [3.8, 4) is 22.6 Å². The second-order valence-electron chi connectivity index (χ2n) is 10.9. The van der Waals surface area contributed by atoms with Gasteiger partial charge in [-0.05, 0) is 82.0 Å². The Morgan fingerprint density at radius 2 is 1.67 bits per heavy atom. The van der Waals surface area contributed by atoms with Crippen LogP contribution >= 0.6 is 0 Å². The van der Waals surface area contributed by atoms with Crippen molar-refractivity contribution in [1.82, 2.24) is 14.7 Å². The molecule has 1 fully saturated rings. The lowest BCUT2D eigenvalue weighted by molar-refractivity contribution is 0.104. The summed E-state index contributed by atoms with van der Waals surface area (Å²) in [4.78, 5) is 20.2. The van der Waals surface area contributed by atoms with Crippen LogP contribution < -0.4 is 4.74 Å². The van der Waals surface area contributed by atoms with Crippen LogP contribution in [-0.4, -0.2) is 86.1 Å². The van der Waals surface area contributed by atoms with Crippen LogP contribution in [-0.2, 0) is 6.54 Å². The third kappa shape index (κ3) is 8.02. The number of piperazine rings is 1. The van der Waals surface area contributed by atoms with Crippen LogP contribution in [0, 0.1) is 13.8 Å². The zero-order chi connectivity index (χ0) is 27.9. The Morgan fingerprint density at radius 1 is 0.949 bits per heavy atom. The first-order valence-corrected chi connectivity index (χ1v) is 13.6. The van der Waals surface area contributed by atoms with E-state index < -0.39 is 0 Å². The molecule has 3 aromatic rings. The van der Waals surface area contributed by atoms with Crippen molar-refractivity contribution < 1.29 is 14.6 Å². The molecule has 0 unspecified atom stereocenters. The lowest BCUT2D eigenvalue weighted by Crippen LogP contribution is -2.43. The molecule has 0 bridgehead atoms. The molecular weight excluding hydrogens is 486 g/mol. The number of carbonyl (C=O) groups is 1. The second-order valence-corrected chi connectivity index (χ2v) is 10.9. The monoisotopic (exact) mass is 527 g/mol. The Kier molecular flexibility index (Phi) is 9.57. The fraction of sp³-hybridized carbons (Fsp3) is 0.364. The van der Waals surface area contributed by atoms with Gasteiger partial charge in [0.05, 0.1) is 5.56 Å². The SMILES string of the molecule is Cc1cc(C)cc(-c2ccc(OCCN(C)C)c(C(=O)/C=C/c3ccc(O)c(CN4CCN(C)CC4)c3)c2)c1. The molecule has 1 aliphatic heterocycles. The molecule has 1 N–H and O–H groups in total. The molecule has 0 aromatic heterocycles. The Bertz CT molecular complexity index is 1300. The molecule has 0 radical (unpaired) electrons. The van der Waals surface area contributed by atoms with Crippen molar-refractivity contribution in [1.29, 1.82) is 0 Å². The summed E-state index contributed by atoms with van der Waals surface area (Å²) in [6.45, 7) is 10.1. The van der Waals surface area contributed by atoms with Crippen LogP contribution in [0.2, 0.25) is 0 Å². The minimum Gasteiger partial charge on any atom is -0.508 e. The topological polar surface area (TPSA) is 56.2 Å². The lowest BCUT2D eigenvalue weighted by atomic mass is 9.97. The first-order valence-electron chi connectivity index (χ1n) is 13.6. The number of hydrogen-bond acceptors (Lipinski definition) is 6. The lowest BCUT2D eigenvalue weighted by Gasteiger charge is -2.32. The molecule has 0 saturated carbocycles. The van der Waals surface area contributed by atoms with E-state index in [-0.39, 0.29) is 11.5 Å². The zero-order valence-corrected chi connectivity index (χ0v) is 23.9. The molecule has 0 aliphatic carbocycles. The summed E-state index contributed by atoms with van der Waals surface area (Å²) >= 11 is 0. The van der Waals surface area contributed by atoms with Crippen LogP contribution in [0.4, 0.5) is 0 Å². The van der Waals surface area contributed by atoms with Crippen molar-refractivity contribution in [2.45, 2.75) is 20.4 Å². The van der Waals surface area contributed by atoms with Gasteiger partial charge >= 0.3 is 0 Å². The highest BCUT2D eigenvalue weighted by molar-refractivity contribution is 6.09. The summed E-state index contributed by atoms with van der Waals surface area (Å²) in [5.41, 5.74) is 6.73. The maximum atomic E-state index is 13.5. The van der Waals surface area contributed by atoms with Crippen molar-refractivity contribution in [2.24, 2.45) is 0 Å². The molecule has 4 rings (SSSR count). The van der Waals surface area contributed by atoms with Gasteiger partial charge in [-0.1, -0.05) is 47.5 Å². The third-order valence-corrected chi connectivity index (χ3v) is 7.12. The van der Waals surface area contributed by atoms with Gasteiger partial charge in [-0.2, -0.15) is 0 Å². The molecule has 1 heterocycles. The van der Waals surface area contributed by atoms with E-state index in [2.05, 4.69) is 53.8 Å². The minimum absolute atomic E-state index is 0.116. The van der Waals surface area contributed by atoms with E-state index >= 15 is 0 Å². The van der Waals surface area contributed by atoms with E-state index in [1.165, 1.54) is 11.1 Å². The first kappa shape index (κ1) is 28.6. The van der Waals surface area contributed by atoms with Crippen LogP contribution in [0.5, 0.6) is 11.5 Å². The molecule has 0 amide bonds. The molecule has 1 aliphatic rings. The number of hydrogen-bond donors (Lipinski definition) is 1. The minimum atomic E-state index is -0.116. The maximum absolute atomic E-state index is 13.5. The van der Waals surface area contributed by atoms with Gasteiger partial charge in [0.15, 0.2) is 5.78 Å². The Hall–Kier alpha value is -3.45. The van der Waals surface area contributed by atoms with E-state index in [0.717, 1.165) is 55.0 Å². The first-order chi connectivity index (χ1) is 18.7. The summed E-state index contributed by atoms with van der Waals surface area (Å²) in [6.07, 6.45) is 3.42. The van der Waals surface area contributed by atoms with Gasteiger partial charge in [-0.3, -0.25) is 9.69 Å². The number of phenols is 1. The van der Waals surface area contributed by atoms with Gasteiger partial charge in [0.1, 0.15) is 18.1 Å². The number of aryl methyl sites for hydroxylation is 2. The highest BCUT2D eigenvalue weighted by atomic mass is 16.5. The number of aromatic hydroxyl groups is 1. The molecule has 6 nitrogen and oxygen atoms in total. The van der Waals surface area contributed by atoms with Gasteiger partial charge in [0.25, 0.3) is 0 Å². The normalized spacial score (nSPS) is 14.8. The molecule has 39 heavy (non-hydrogen) atoms. The fourth-order valence-corrected chi connectivity index (χ4v) is 4.85. The van der Waals surface area contributed by atoms with Crippen LogP contribution in [0.1, 0.15) is 32.6 Å². The average molecular weight is 528 g/mol. The quantitative estimate of drug-likeness (QED) is 0.287. The number of ketones is 1. The summed E-state index contributed by atoms with van der Waals surface area (Å²) < 4.78 is 6.05. The zero-order valence-electron chi connectivity index (χ0n) is 23.9. The van der Waals surface area contributed by atoms with Crippen molar-refractivity contribution >= 4 is 11.9 Å². The number of likely N-dealkylation sites (N-methyl/N-ethyl adjacent to an activating group) is 2. The third-order valence-electron chi connectivity index (χ3n) is 7.12. The molecule has 206 valence electrons. The number of benzene rings is 3. The van der Waals surface area contributed by atoms with Gasteiger partial charge in [0.2, 0.25) is 0 Å². The van der Waals surface area contributed by atoms with Gasteiger partial charge in [-0.15, -0.1) is 0 Å². The highest BCUT2D eigenvalue weighted by Crippen LogP contribution is 2.29. The number of carbonyl (C=O) groups excluding carboxylic acids is 1. The number of ether oxygens (including phenoxy) is 1. The summed E-state index contributed by atoms with van der Waals surface area (Å²) in [5, 5.41) is 10.5. The Morgan fingerprint density at radius 3 is 2.36 bits per heavy atom. The number of allylic oxidation sites excluding steroid dienone is 1. The Balaban J connectivity index is 1.57. The Labute approximate surface area is 233 Å². The van der Waals surface area contributed by atoms with Gasteiger partial charge in [-0.25, -0.2) is 0 Å². The number of nitrogens with zero attached hydrogens (tertiary/aromatic N) is 3. The van der Waals surface area contributed by atoms with Crippen LogP contribution in [0.15, 0.2) is 60.7 Å². The number of rotatable bonds is 10. The summed E-state index contributed by atoms with van der Waals surface area (Å²) in [6, 6.07) is 17.8. The van der Waals surface area contributed by atoms with Gasteiger partial charge in [0, 0.05) is 44.8 Å². The standard InChI is InChI=1S/C33H41N3O3/c1-24-18-25(2)20-28(19-24)27-8-11-33(39-17-16-34(3)4)30(22-27)32(38)10-7-26-6-9-31(37)29(21-26)23-36-14-12-35(5)13-15-36/h6-11,18-22,37H,12-17,23H2,1-5H3/b10-7+. The molecule has 6 heteroatoms. The summed E-state index contributed by atoms with van der Waals surface area (Å²) in [7, 11) is 6.13. The van der Waals surface area contributed by atoms with Crippen LogP contribution in [0.25, 0.3) is 17.2 Å². The van der Waals surface area contributed by atoms with Crippen molar-refractivity contribution in [3.05, 3.63) is 88.5 Å². The maximum Gasteiger partial charge on any atom is 0.189 e. The van der Waals surface area contributed by atoms with E-state index in [4.69, 9.17) is 4.74 Å². The largest absolute Gasteiger partial charge is 0.508 e. The summed E-state index contributed by atoms with van der Waals surface area (Å²) in [5.74, 6) is 0.756. The van der Waals surface area contributed by atoms with E-state index in [9.17, 15) is 9.90 Å². The molecule has 0 atom stereocenters. The van der Waals surface area contributed by atoms with Crippen molar-refractivity contribution in [2.75, 3.05) is 60.5 Å². The fourth-order valence-electron chi connectivity index (χ4n) is 4.85. The van der Waals surface area contributed by atoms with E-state index in [1.54, 1.807) is 12.1 Å². The van der Waals surface area contributed by atoms with E-state index in [0.29, 0.717) is 24.5 Å². The van der Waals surface area contributed by atoms with E-state index in [1.807, 2.05) is 50.5 Å². The molecule has 3 aromatic carbocycles. The molecule has 0 spiro atoms. The smallest absolute Gasteiger partial charge is 0.189 e. The highest BCUT2D eigenvalue weighted by Gasteiger charge is 2.16. The molecular formula is C33H41N3O3. The van der Waals surface area contributed by atoms with Crippen LogP contribution in [0.3, 0.4) is 0 Å². The average Bonchev–Trinajstić information content (AvgIpc) is 2.89. The molecule has 1 saturated heterocycles. The van der Waals surface area contributed by atoms with Crippen molar-refractivity contribution in [3.63, 3.8) is 0 Å².